The number of rotatable bonds is 2. The van der Waals surface area contributed by atoms with Crippen molar-refractivity contribution in [1.82, 2.24) is 0 Å². The molecule has 0 N–H and O–H groups in total. The standard InChI is InChI=1S/C25H17ClS/c26-20-16-14-19(15-17-20)25(18-8-2-1-3-9-18)21-10-4-6-12-23(21)27-24-13-7-5-11-22(24)25/h1-17H. The van der Waals surface area contributed by atoms with E-state index in [1.54, 1.807) is 0 Å². The highest BCUT2D eigenvalue weighted by Crippen LogP contribution is 2.55. The highest BCUT2D eigenvalue weighted by Gasteiger charge is 2.43. The van der Waals surface area contributed by atoms with Crippen molar-refractivity contribution in [2.75, 3.05) is 0 Å². The number of halogens is 1. The largest absolute Gasteiger partial charge is 0.0894 e. The van der Waals surface area contributed by atoms with E-state index in [1.165, 1.54) is 32.0 Å². The minimum absolute atomic E-state index is 0.357. The summed E-state index contributed by atoms with van der Waals surface area (Å²) in [5, 5.41) is 0.758. The quantitative estimate of drug-likeness (QED) is 0.310. The molecule has 0 unspecified atom stereocenters. The first-order chi connectivity index (χ1) is 13.3. The Bertz CT molecular complexity index is 1050. The van der Waals surface area contributed by atoms with E-state index in [0.29, 0.717) is 0 Å². The maximum atomic E-state index is 6.24. The van der Waals surface area contributed by atoms with Crippen LogP contribution < -0.4 is 0 Å². The summed E-state index contributed by atoms with van der Waals surface area (Å²) in [4.78, 5) is 2.60. The lowest BCUT2D eigenvalue weighted by molar-refractivity contribution is 0.703. The molecule has 0 bridgehead atoms. The van der Waals surface area contributed by atoms with Crippen molar-refractivity contribution in [2.24, 2.45) is 0 Å². The van der Waals surface area contributed by atoms with Crippen LogP contribution in [0.3, 0.4) is 0 Å². The van der Waals surface area contributed by atoms with E-state index in [-0.39, 0.29) is 5.41 Å². The molecule has 0 fully saturated rings. The third-order valence-electron chi connectivity index (χ3n) is 5.29. The van der Waals surface area contributed by atoms with Gasteiger partial charge in [0.2, 0.25) is 0 Å². The van der Waals surface area contributed by atoms with Gasteiger partial charge in [-0.3, -0.25) is 0 Å². The van der Waals surface area contributed by atoms with E-state index >= 15 is 0 Å². The van der Waals surface area contributed by atoms with Crippen LogP contribution >= 0.6 is 23.4 Å². The molecule has 0 radical (unpaired) electrons. The minimum Gasteiger partial charge on any atom is -0.0894 e. The lowest BCUT2D eigenvalue weighted by atomic mass is 9.65. The predicted molar refractivity (Wildman–Crippen MR) is 114 cm³/mol. The van der Waals surface area contributed by atoms with Gasteiger partial charge in [0.15, 0.2) is 0 Å². The number of hydrogen-bond acceptors (Lipinski definition) is 1. The van der Waals surface area contributed by atoms with Crippen LogP contribution in [0.2, 0.25) is 5.02 Å². The summed E-state index contributed by atoms with van der Waals surface area (Å²) in [5.41, 5.74) is 4.79. The molecule has 0 nitrogen and oxygen atoms in total. The van der Waals surface area contributed by atoms with Crippen LogP contribution in [0.5, 0.6) is 0 Å². The van der Waals surface area contributed by atoms with Crippen molar-refractivity contribution < 1.29 is 0 Å². The Hall–Kier alpha value is -2.48. The SMILES string of the molecule is Clc1ccc(C2(c3ccccc3)c3ccccc3Sc3ccccc32)cc1. The highest BCUT2D eigenvalue weighted by atomic mass is 35.5. The highest BCUT2D eigenvalue weighted by molar-refractivity contribution is 7.99. The molecule has 0 atom stereocenters. The van der Waals surface area contributed by atoms with Gasteiger partial charge in [0.05, 0.1) is 5.41 Å². The molecule has 0 amide bonds. The predicted octanol–water partition coefficient (Wildman–Crippen LogP) is 7.19. The Kier molecular flexibility index (Phi) is 4.07. The van der Waals surface area contributed by atoms with Gasteiger partial charge in [-0.1, -0.05) is 102 Å². The van der Waals surface area contributed by atoms with Gasteiger partial charge in [0, 0.05) is 14.8 Å². The molecular weight excluding hydrogens is 368 g/mol. The summed E-state index contributed by atoms with van der Waals surface area (Å²) >= 11 is 8.09. The fraction of sp³-hybridized carbons (Fsp3) is 0.0400. The van der Waals surface area contributed by atoms with E-state index in [0.717, 1.165) is 5.02 Å². The Labute approximate surface area is 168 Å². The molecule has 0 aromatic heterocycles. The zero-order valence-corrected chi connectivity index (χ0v) is 16.2. The molecule has 4 aromatic carbocycles. The monoisotopic (exact) mass is 384 g/mol. The molecule has 0 saturated heterocycles. The van der Waals surface area contributed by atoms with Gasteiger partial charge in [-0.05, 0) is 46.5 Å². The van der Waals surface area contributed by atoms with Crippen LogP contribution in [-0.4, -0.2) is 0 Å². The number of fused-ring (bicyclic) bond motifs is 2. The summed E-state index contributed by atoms with van der Waals surface area (Å²) < 4.78 is 0. The Morgan fingerprint density at radius 2 is 1.00 bits per heavy atom. The van der Waals surface area contributed by atoms with Gasteiger partial charge in [-0.15, -0.1) is 0 Å². The van der Waals surface area contributed by atoms with Crippen molar-refractivity contribution in [1.29, 1.82) is 0 Å². The second-order valence-corrected chi connectivity index (χ2v) is 8.24. The molecule has 2 heteroatoms. The minimum atomic E-state index is -0.357. The van der Waals surface area contributed by atoms with Crippen LogP contribution in [-0.2, 0) is 5.41 Å². The maximum absolute atomic E-state index is 6.24. The van der Waals surface area contributed by atoms with E-state index < -0.39 is 0 Å². The zero-order valence-electron chi connectivity index (χ0n) is 14.6. The van der Waals surface area contributed by atoms with E-state index in [9.17, 15) is 0 Å². The summed E-state index contributed by atoms with van der Waals surface area (Å²) in [6, 6.07) is 36.6. The topological polar surface area (TPSA) is 0 Å². The van der Waals surface area contributed by atoms with Crippen LogP contribution in [0.25, 0.3) is 0 Å². The molecular formula is C25H17ClS. The fourth-order valence-electron chi connectivity index (χ4n) is 4.17. The maximum Gasteiger partial charge on any atom is 0.0723 e. The number of hydrogen-bond donors (Lipinski definition) is 0. The summed E-state index contributed by atoms with van der Waals surface area (Å²) in [6.45, 7) is 0. The first-order valence-electron chi connectivity index (χ1n) is 8.98. The van der Waals surface area contributed by atoms with Crippen LogP contribution in [0.1, 0.15) is 22.3 Å². The number of benzene rings is 4. The summed E-state index contributed by atoms with van der Waals surface area (Å²) in [5.74, 6) is 0. The Morgan fingerprint density at radius 3 is 1.59 bits per heavy atom. The van der Waals surface area contributed by atoms with Crippen LogP contribution in [0.15, 0.2) is 113 Å². The van der Waals surface area contributed by atoms with Gasteiger partial charge in [-0.25, -0.2) is 0 Å². The molecule has 0 spiro atoms. The molecule has 130 valence electrons. The van der Waals surface area contributed by atoms with Gasteiger partial charge in [0.1, 0.15) is 0 Å². The summed E-state index contributed by atoms with van der Waals surface area (Å²) in [7, 11) is 0. The van der Waals surface area contributed by atoms with E-state index in [2.05, 4.69) is 91.0 Å². The van der Waals surface area contributed by atoms with Gasteiger partial charge in [-0.2, -0.15) is 0 Å². The molecule has 1 aliphatic heterocycles. The van der Waals surface area contributed by atoms with Crippen molar-refractivity contribution in [3.8, 4) is 0 Å². The third-order valence-corrected chi connectivity index (χ3v) is 6.69. The first kappa shape index (κ1) is 16.7. The van der Waals surface area contributed by atoms with Crippen LogP contribution in [0, 0.1) is 0 Å². The smallest absolute Gasteiger partial charge is 0.0723 e. The Morgan fingerprint density at radius 1 is 0.519 bits per heavy atom. The van der Waals surface area contributed by atoms with E-state index in [1.807, 2.05) is 23.9 Å². The van der Waals surface area contributed by atoms with E-state index in [4.69, 9.17) is 11.6 Å². The normalized spacial score (nSPS) is 14.3. The van der Waals surface area contributed by atoms with Crippen molar-refractivity contribution >= 4 is 23.4 Å². The first-order valence-corrected chi connectivity index (χ1v) is 10.2. The second kappa shape index (κ2) is 6.60. The van der Waals surface area contributed by atoms with Crippen molar-refractivity contribution in [2.45, 2.75) is 15.2 Å². The van der Waals surface area contributed by atoms with Gasteiger partial charge >= 0.3 is 0 Å². The lowest BCUT2D eigenvalue weighted by Gasteiger charge is -2.41. The molecule has 1 heterocycles. The molecule has 5 rings (SSSR count). The van der Waals surface area contributed by atoms with Crippen LogP contribution in [0.4, 0.5) is 0 Å². The van der Waals surface area contributed by atoms with Crippen molar-refractivity contribution in [3.05, 3.63) is 130 Å². The van der Waals surface area contributed by atoms with Gasteiger partial charge in [0.25, 0.3) is 0 Å². The second-order valence-electron chi connectivity index (χ2n) is 6.72. The van der Waals surface area contributed by atoms with Crippen molar-refractivity contribution in [3.63, 3.8) is 0 Å². The van der Waals surface area contributed by atoms with Gasteiger partial charge < -0.3 is 0 Å². The molecule has 0 aliphatic carbocycles. The molecule has 0 saturated carbocycles. The fourth-order valence-corrected chi connectivity index (χ4v) is 5.49. The average molecular weight is 385 g/mol. The lowest BCUT2D eigenvalue weighted by Crippen LogP contribution is -2.33. The summed E-state index contributed by atoms with van der Waals surface area (Å²) in [6.07, 6.45) is 0. The Balaban J connectivity index is 1.95. The molecule has 27 heavy (non-hydrogen) atoms. The average Bonchev–Trinajstić information content (AvgIpc) is 2.73. The molecule has 4 aromatic rings. The zero-order chi connectivity index (χ0) is 18.3. The third kappa shape index (κ3) is 2.54. The molecule has 1 aliphatic rings.